The normalized spacial score (nSPS) is 20.9. The van der Waals surface area contributed by atoms with Gasteiger partial charge in [0.15, 0.2) is 0 Å². The highest BCUT2D eigenvalue weighted by atomic mass is 16.5. The molecular weight excluding hydrogens is 1840 g/mol. The van der Waals surface area contributed by atoms with Crippen molar-refractivity contribution in [1.82, 2.24) is 73.9 Å². The van der Waals surface area contributed by atoms with Crippen molar-refractivity contribution in [2.75, 3.05) is 215 Å². The second kappa shape index (κ2) is 56.0. The molecule has 3 aromatic carbocycles. The van der Waals surface area contributed by atoms with E-state index in [9.17, 15) is 0 Å². The van der Waals surface area contributed by atoms with Crippen LogP contribution >= 0.6 is 0 Å². The van der Waals surface area contributed by atoms with E-state index in [0.29, 0.717) is 89.5 Å². The van der Waals surface area contributed by atoms with Crippen LogP contribution in [0.25, 0.3) is 0 Å². The Kier molecular flexibility index (Phi) is 43.0. The maximum Gasteiger partial charge on any atom is 0.0653 e. The molecule has 0 spiro atoms. The molecule has 14 aliphatic heterocycles. The zero-order valence-corrected chi connectivity index (χ0v) is 94.7. The van der Waals surface area contributed by atoms with E-state index in [-0.39, 0.29) is 0 Å². The quantitative estimate of drug-likeness (QED) is 0.0705. The predicted octanol–water partition coefficient (Wildman–Crippen LogP) is 21.7. The summed E-state index contributed by atoms with van der Waals surface area (Å²) in [5.74, 6) is 7.31. The Morgan fingerprint density at radius 3 is 1.12 bits per heavy atom. The zero-order chi connectivity index (χ0) is 104. The Labute approximate surface area is 892 Å². The third-order valence-electron chi connectivity index (χ3n) is 33.2. The van der Waals surface area contributed by atoms with Gasteiger partial charge in [-0.3, -0.25) is 59.0 Å². The van der Waals surface area contributed by atoms with Crippen molar-refractivity contribution >= 4 is 11.4 Å². The molecule has 808 valence electrons. The minimum absolute atomic E-state index is 0.503. The zero-order valence-electron chi connectivity index (χ0n) is 94.7. The van der Waals surface area contributed by atoms with Crippen LogP contribution in [-0.2, 0) is 67.4 Å². The summed E-state index contributed by atoms with van der Waals surface area (Å²) in [5, 5.41) is 4.65. The van der Waals surface area contributed by atoms with Gasteiger partial charge >= 0.3 is 0 Å². The van der Waals surface area contributed by atoms with Gasteiger partial charge in [-0.1, -0.05) is 210 Å². The molecule has 14 aliphatic rings. The summed E-state index contributed by atoms with van der Waals surface area (Å²) in [6.07, 6.45) is 18.2. The van der Waals surface area contributed by atoms with Crippen LogP contribution in [0.1, 0.15) is 341 Å². The molecule has 6 aromatic heterocycles. The Morgan fingerprint density at radius 1 is 0.284 bits per heavy atom. The Hall–Kier alpha value is -8.34. The van der Waals surface area contributed by atoms with Crippen molar-refractivity contribution in [2.45, 2.75) is 309 Å². The first-order chi connectivity index (χ1) is 71.5. The van der Waals surface area contributed by atoms with Crippen molar-refractivity contribution in [1.29, 1.82) is 0 Å². The molecule has 0 N–H and O–H groups in total. The number of fused-ring (bicyclic) bond motifs is 3. The van der Waals surface area contributed by atoms with Crippen LogP contribution < -0.4 is 9.80 Å². The van der Waals surface area contributed by atoms with Gasteiger partial charge in [-0.2, -0.15) is 5.10 Å². The van der Waals surface area contributed by atoms with Gasteiger partial charge in [0.05, 0.1) is 151 Å². The van der Waals surface area contributed by atoms with E-state index in [1.54, 1.807) is 5.56 Å². The van der Waals surface area contributed by atoms with Crippen molar-refractivity contribution in [3.05, 3.63) is 259 Å². The molecular formula is C125H187N17O6. The fraction of sp³-hybridized carbons (Fsp3) is 0.632. The molecule has 9 aromatic rings. The first-order valence-electron chi connectivity index (χ1n) is 57.4. The summed E-state index contributed by atoms with van der Waals surface area (Å²) in [4.78, 5) is 47.6. The molecule has 20 heterocycles. The van der Waals surface area contributed by atoms with Crippen LogP contribution in [0.15, 0.2) is 158 Å². The number of anilines is 2. The van der Waals surface area contributed by atoms with Crippen molar-refractivity contribution in [3.8, 4) is 0 Å². The van der Waals surface area contributed by atoms with Crippen LogP contribution in [0, 0.1) is 0 Å². The van der Waals surface area contributed by atoms with Gasteiger partial charge in [0.25, 0.3) is 0 Å². The lowest BCUT2D eigenvalue weighted by Gasteiger charge is -2.43. The molecule has 0 amide bonds. The lowest BCUT2D eigenvalue weighted by atomic mass is 9.87. The largest absolute Gasteiger partial charge is 0.378 e. The Balaban J connectivity index is 0.000000125. The van der Waals surface area contributed by atoms with E-state index in [4.69, 9.17) is 33.4 Å². The Morgan fingerprint density at radius 2 is 0.682 bits per heavy atom. The number of likely N-dealkylation sites (N-methyl/N-ethyl adjacent to an activating group) is 1. The minimum Gasteiger partial charge on any atom is -0.378 e. The number of hydrogen-bond donors (Lipinski definition) is 0. The van der Waals surface area contributed by atoms with E-state index < -0.39 is 0 Å². The molecule has 23 heteroatoms. The molecule has 23 nitrogen and oxygen atoms in total. The maximum atomic E-state index is 5.32. The second-order valence-electron chi connectivity index (χ2n) is 47.2. The van der Waals surface area contributed by atoms with Gasteiger partial charge in [0.1, 0.15) is 0 Å². The lowest BCUT2D eigenvalue weighted by Crippen LogP contribution is -2.56. The summed E-state index contributed by atoms with van der Waals surface area (Å²) < 4.78 is 33.9. The average molecular weight is 2020 g/mol. The van der Waals surface area contributed by atoms with Gasteiger partial charge in [-0.15, -0.1) is 0 Å². The molecule has 0 bridgehead atoms. The molecule has 1 unspecified atom stereocenters. The average Bonchev–Trinajstić information content (AvgIpc) is 1.51. The second-order valence-corrected chi connectivity index (χ2v) is 47.2. The number of morpholine rings is 1. The number of piperidine rings is 2. The topological polar surface area (TPSA) is 170 Å². The standard InChI is InChI=1S/C17H25NO.C15H23N3O.C15H21NO.C14H20N2O.C14H22N2.C13H20N2.C13H19N.C12H19N3O.C12H18N2O/c1-13(2)14-3-5-15(6-4-14)16-7-9-18(10-8-16)17-11-19-12-17;1-12(2)15-4-3-13(9-16-15)17-5-7-18(8-6-17)14-10-19-11-14;1-11(2)12-3-4-14-8-16(15-9-17-10-15)6-5-13(14)7-12;1-10(2)13-4-3-11-7-16(12-8-17-9-12)6-5-14(11)15-13;1-11(2)14-5-4-13(10-15-14)12-6-8-16(3)9-7-12;1-10(2)12-7-6-11(9-14-12)13-5-4-8-15(13)3;1-10(2)11-4-6-12(7-5-11)13-8-14(3)9-13;1-9(2)12-5-10-6-14(11-7-16-8-11)3-4-15(10)13-12;1-10(2)12-4-3-11(9-13-12)14-5-7-15-8-6-14/h3-6,13,16-17H,7-12H2,1-2H3;3-4,9,12,14H,5-8,10-11H2,1-2H3;3-4,7,11,15H,5-6,8-10H2,1-2H3;3-4,10,12H,5-9H2,1-2H3;4-5,10-12H,6-9H2,1-3H3;6-7,9-10,13H,4-5,8H2,1-3H3;4-7,10,13H,8-9H2,1-3H3;5,9,11H,3-4,6-8H2,1-2H3;3-4,9-10H,5-8H2,1-2H3. The number of aromatic nitrogens is 7. The molecule has 0 aliphatic carbocycles. The third kappa shape index (κ3) is 32.2. The summed E-state index contributed by atoms with van der Waals surface area (Å²) in [6.45, 7) is 73.4. The molecule has 23 rings (SSSR count). The van der Waals surface area contributed by atoms with E-state index in [1.165, 1.54) is 199 Å². The van der Waals surface area contributed by atoms with Crippen LogP contribution in [0.4, 0.5) is 11.4 Å². The maximum absolute atomic E-state index is 5.32. The van der Waals surface area contributed by atoms with E-state index in [1.807, 2.05) is 12.4 Å². The van der Waals surface area contributed by atoms with E-state index in [2.05, 4.69) is 370 Å². The fourth-order valence-electron chi connectivity index (χ4n) is 21.9. The van der Waals surface area contributed by atoms with Gasteiger partial charge in [0.2, 0.25) is 0 Å². The van der Waals surface area contributed by atoms with Gasteiger partial charge < -0.3 is 48.0 Å². The molecule has 11 fully saturated rings. The molecule has 0 saturated carbocycles. The third-order valence-corrected chi connectivity index (χ3v) is 33.2. The number of ether oxygens (including phenoxy) is 6. The van der Waals surface area contributed by atoms with Crippen molar-refractivity contribution in [3.63, 3.8) is 0 Å². The van der Waals surface area contributed by atoms with Crippen molar-refractivity contribution < 1.29 is 28.4 Å². The molecule has 11 saturated heterocycles. The number of piperazine rings is 1. The van der Waals surface area contributed by atoms with E-state index in [0.717, 1.165) is 188 Å². The highest BCUT2D eigenvalue weighted by Crippen LogP contribution is 2.37. The highest BCUT2D eigenvalue weighted by molar-refractivity contribution is 5.47. The molecule has 148 heavy (non-hydrogen) atoms. The highest BCUT2D eigenvalue weighted by Gasteiger charge is 2.37. The monoisotopic (exact) mass is 2020 g/mol. The van der Waals surface area contributed by atoms with Crippen molar-refractivity contribution in [2.24, 2.45) is 0 Å². The summed E-state index contributed by atoms with van der Waals surface area (Å²) in [5.41, 5.74) is 27.0. The molecule has 0 radical (unpaired) electrons. The fourth-order valence-corrected chi connectivity index (χ4v) is 21.9. The van der Waals surface area contributed by atoms with Crippen LogP contribution in [0.5, 0.6) is 0 Å². The number of rotatable bonds is 20. The van der Waals surface area contributed by atoms with E-state index >= 15 is 0 Å². The number of pyridine rings is 5. The SMILES string of the molecule is CC(C)c1cc2n(n1)CCN(C1COC1)C2.CC(C)c1ccc(C2CCCN2C)cn1.CC(C)c1ccc(C2CCN(C)CC2)cn1.CC(C)c1ccc(C2CCN(C3COC3)CC2)cc1.CC(C)c1ccc(C2CN(C)C2)cc1.CC(C)c1ccc(N2CCN(C3COC3)CC2)cn1.CC(C)c1ccc(N2CCOCC2)cn1.CC(C)c1ccc2c(c1)CCN(C1COC1)C2.CC(C)c1ccc2c(n1)CCN(C1COC1)C2. The number of nitrogens with zero attached hydrogens (tertiary/aromatic N) is 17. The first-order valence-corrected chi connectivity index (χ1v) is 57.4. The smallest absolute Gasteiger partial charge is 0.0653 e. The summed E-state index contributed by atoms with van der Waals surface area (Å²) >= 11 is 0. The van der Waals surface area contributed by atoms with Gasteiger partial charge in [0, 0.05) is 157 Å². The van der Waals surface area contributed by atoms with Crippen LogP contribution in [0.3, 0.4) is 0 Å². The predicted molar refractivity (Wildman–Crippen MR) is 606 cm³/mol. The number of hydrogen-bond acceptors (Lipinski definition) is 22. The first kappa shape index (κ1) is 114. The molecule has 1 atom stereocenters. The summed E-state index contributed by atoms with van der Waals surface area (Å²) in [6, 6.07) is 53.7. The number of benzene rings is 3. The Bertz CT molecular complexity index is 5190. The lowest BCUT2D eigenvalue weighted by molar-refractivity contribution is -0.0735. The van der Waals surface area contributed by atoms with Crippen LogP contribution in [0.2, 0.25) is 0 Å². The van der Waals surface area contributed by atoms with Crippen LogP contribution in [-0.4, -0.2) is 309 Å². The minimum atomic E-state index is 0.503. The van der Waals surface area contributed by atoms with Gasteiger partial charge in [-0.05, 0) is 268 Å². The summed E-state index contributed by atoms with van der Waals surface area (Å²) in [7, 11) is 6.59. The number of likely N-dealkylation sites (tertiary alicyclic amines) is 4. The van der Waals surface area contributed by atoms with Gasteiger partial charge in [-0.25, -0.2) is 0 Å².